The first-order valence-corrected chi connectivity index (χ1v) is 18.7. The normalized spacial score (nSPS) is 12.9. The van der Waals surface area contributed by atoms with E-state index in [2.05, 4.69) is 138 Å². The molecule has 0 radical (unpaired) electrons. The summed E-state index contributed by atoms with van der Waals surface area (Å²) in [6.45, 7) is 16.0. The topological polar surface area (TPSA) is 44.9 Å². The molecule has 0 amide bonds. The summed E-state index contributed by atoms with van der Waals surface area (Å²) < 4.78 is 10.8. The van der Waals surface area contributed by atoms with Gasteiger partial charge in [0.2, 0.25) is 0 Å². The third kappa shape index (κ3) is 6.82. The molecule has 7 aromatic rings. The zero-order chi connectivity index (χ0) is 35.6. The van der Waals surface area contributed by atoms with Crippen molar-refractivity contribution >= 4 is 21.8 Å². The van der Waals surface area contributed by atoms with E-state index in [0.29, 0.717) is 17.8 Å². The van der Waals surface area contributed by atoms with Gasteiger partial charge in [-0.25, -0.2) is 9.67 Å². The number of ether oxygens (including phenoxy) is 1. The fourth-order valence-electron chi connectivity index (χ4n) is 7.73. The third-order valence-electron chi connectivity index (χ3n) is 10.3. The Morgan fingerprint density at radius 2 is 1.41 bits per heavy atom. The van der Waals surface area contributed by atoms with Crippen LogP contribution in [-0.2, 0) is 0 Å². The first-order chi connectivity index (χ1) is 24.7. The Morgan fingerprint density at radius 3 is 2.14 bits per heavy atom. The number of hydrogen-bond donors (Lipinski definition) is 0. The average molecular weight is 675 g/mol. The SMILES string of the molecule is CCCC(C)c1cc(C)cc(C(C)CCC)c1-c1cnn(-c2cccc(Oc3ccc4c5ccccc5n(-c5cc(C(C)C)ccn5)c4c3)c2)c1. The van der Waals surface area contributed by atoms with E-state index in [4.69, 9.17) is 14.8 Å². The number of nitrogens with zero attached hydrogens (tertiary/aromatic N) is 4. The van der Waals surface area contributed by atoms with Crippen LogP contribution in [0.25, 0.3) is 44.4 Å². The van der Waals surface area contributed by atoms with Crippen molar-refractivity contribution in [1.29, 1.82) is 0 Å². The highest BCUT2D eigenvalue weighted by Gasteiger charge is 2.21. The molecule has 0 aliphatic heterocycles. The van der Waals surface area contributed by atoms with Gasteiger partial charge in [-0.1, -0.05) is 96.3 Å². The molecule has 2 unspecified atom stereocenters. The molecule has 3 heterocycles. The summed E-state index contributed by atoms with van der Waals surface area (Å²) in [7, 11) is 0. The molecule has 5 heteroatoms. The first-order valence-electron chi connectivity index (χ1n) is 18.7. The van der Waals surface area contributed by atoms with Crippen LogP contribution >= 0.6 is 0 Å². The maximum atomic E-state index is 6.58. The lowest BCUT2D eigenvalue weighted by Gasteiger charge is -2.23. The Bertz CT molecular complexity index is 2280. The van der Waals surface area contributed by atoms with Gasteiger partial charge in [0.15, 0.2) is 0 Å². The number of hydrogen-bond acceptors (Lipinski definition) is 3. The molecule has 2 atom stereocenters. The average Bonchev–Trinajstić information content (AvgIpc) is 3.75. The lowest BCUT2D eigenvalue weighted by Crippen LogP contribution is -2.04. The van der Waals surface area contributed by atoms with Gasteiger partial charge in [0.05, 0.1) is 22.9 Å². The van der Waals surface area contributed by atoms with Gasteiger partial charge in [-0.2, -0.15) is 5.10 Å². The maximum Gasteiger partial charge on any atom is 0.137 e. The van der Waals surface area contributed by atoms with Crippen LogP contribution in [-0.4, -0.2) is 19.3 Å². The molecular weight excluding hydrogens is 625 g/mol. The van der Waals surface area contributed by atoms with Crippen LogP contribution in [0, 0.1) is 6.92 Å². The zero-order valence-corrected chi connectivity index (χ0v) is 31.1. The van der Waals surface area contributed by atoms with Crippen molar-refractivity contribution in [2.45, 2.75) is 91.9 Å². The van der Waals surface area contributed by atoms with Crippen molar-refractivity contribution in [2.75, 3.05) is 0 Å². The van der Waals surface area contributed by atoms with E-state index >= 15 is 0 Å². The minimum Gasteiger partial charge on any atom is -0.457 e. The van der Waals surface area contributed by atoms with Crippen LogP contribution in [0.1, 0.15) is 107 Å². The molecule has 3 aromatic heterocycles. The minimum atomic E-state index is 0.409. The minimum absolute atomic E-state index is 0.409. The van der Waals surface area contributed by atoms with E-state index in [1.807, 2.05) is 29.2 Å². The molecule has 0 aliphatic carbocycles. The Labute approximate surface area is 302 Å². The lowest BCUT2D eigenvalue weighted by molar-refractivity contribution is 0.483. The number of benzene rings is 4. The molecule has 0 N–H and O–H groups in total. The molecule has 0 saturated carbocycles. The predicted molar refractivity (Wildman–Crippen MR) is 213 cm³/mol. The zero-order valence-electron chi connectivity index (χ0n) is 31.1. The van der Waals surface area contributed by atoms with Gasteiger partial charge < -0.3 is 4.74 Å². The summed E-state index contributed by atoms with van der Waals surface area (Å²) >= 11 is 0. The van der Waals surface area contributed by atoms with Gasteiger partial charge in [-0.3, -0.25) is 4.57 Å². The van der Waals surface area contributed by atoms with Gasteiger partial charge in [-0.05, 0) is 102 Å². The number of aromatic nitrogens is 4. The number of para-hydroxylation sites is 1. The quantitative estimate of drug-likeness (QED) is 0.130. The van der Waals surface area contributed by atoms with Crippen LogP contribution < -0.4 is 4.74 Å². The van der Waals surface area contributed by atoms with Crippen molar-refractivity contribution in [3.05, 3.63) is 132 Å². The van der Waals surface area contributed by atoms with Crippen LogP contribution in [0.15, 0.2) is 110 Å². The van der Waals surface area contributed by atoms with Crippen LogP contribution in [0.4, 0.5) is 0 Å². The van der Waals surface area contributed by atoms with Gasteiger partial charge in [0.25, 0.3) is 0 Å². The Hall–Kier alpha value is -5.16. The summed E-state index contributed by atoms with van der Waals surface area (Å²) in [6, 6.07) is 32.2. The highest BCUT2D eigenvalue weighted by atomic mass is 16.5. The molecule has 0 spiro atoms. The second-order valence-electron chi connectivity index (χ2n) is 14.6. The van der Waals surface area contributed by atoms with Gasteiger partial charge in [0.1, 0.15) is 17.3 Å². The van der Waals surface area contributed by atoms with E-state index in [0.717, 1.165) is 46.9 Å². The predicted octanol–water partition coefficient (Wildman–Crippen LogP) is 13.1. The van der Waals surface area contributed by atoms with E-state index in [9.17, 15) is 0 Å². The summed E-state index contributed by atoms with van der Waals surface area (Å²) in [6.07, 6.45) is 10.8. The standard InChI is InChI=1S/C46H50N4O/c1-8-13-32(6)41-23-31(5)24-42(33(7)14-9-2)46(41)35-28-48-49(29-35)36-15-12-16-37(26-36)51-38-19-20-40-39-17-10-11-18-43(39)50(44(40)27-38)45-25-34(30(3)4)21-22-47-45/h10-12,15-30,32-33H,8-9,13-14H2,1-7H3. The largest absolute Gasteiger partial charge is 0.457 e. The summed E-state index contributed by atoms with van der Waals surface area (Å²) in [4.78, 5) is 4.81. The van der Waals surface area contributed by atoms with Gasteiger partial charge in [-0.15, -0.1) is 0 Å². The van der Waals surface area contributed by atoms with Gasteiger partial charge >= 0.3 is 0 Å². The lowest BCUT2D eigenvalue weighted by atomic mass is 9.81. The van der Waals surface area contributed by atoms with Crippen molar-refractivity contribution in [2.24, 2.45) is 0 Å². The fourth-order valence-corrected chi connectivity index (χ4v) is 7.73. The molecular formula is C46H50N4O. The third-order valence-corrected chi connectivity index (χ3v) is 10.3. The molecule has 5 nitrogen and oxygen atoms in total. The van der Waals surface area contributed by atoms with Crippen molar-refractivity contribution < 1.29 is 4.74 Å². The number of rotatable bonds is 12. The molecule has 260 valence electrons. The Morgan fingerprint density at radius 1 is 0.706 bits per heavy atom. The highest BCUT2D eigenvalue weighted by Crippen LogP contribution is 2.40. The Balaban J connectivity index is 1.24. The molecule has 51 heavy (non-hydrogen) atoms. The monoisotopic (exact) mass is 674 g/mol. The second kappa shape index (κ2) is 14.6. The molecule has 0 fully saturated rings. The van der Waals surface area contributed by atoms with Crippen LogP contribution in [0.5, 0.6) is 11.5 Å². The molecule has 0 saturated heterocycles. The summed E-state index contributed by atoms with van der Waals surface area (Å²) in [5, 5.41) is 7.27. The number of fused-ring (bicyclic) bond motifs is 3. The van der Waals surface area contributed by atoms with Crippen LogP contribution in [0.3, 0.4) is 0 Å². The highest BCUT2D eigenvalue weighted by molar-refractivity contribution is 6.09. The molecule has 7 rings (SSSR count). The van der Waals surface area contributed by atoms with Crippen LogP contribution in [0.2, 0.25) is 0 Å². The first kappa shape index (κ1) is 34.3. The maximum absolute atomic E-state index is 6.58. The Kier molecular flexibility index (Phi) is 9.82. The summed E-state index contributed by atoms with van der Waals surface area (Å²) in [5.41, 5.74) is 11.2. The van der Waals surface area contributed by atoms with E-state index in [1.54, 1.807) is 0 Å². The van der Waals surface area contributed by atoms with E-state index in [-0.39, 0.29) is 0 Å². The number of aryl methyl sites for hydroxylation is 1. The number of pyridine rings is 1. The fraction of sp³-hybridized carbons (Fsp3) is 0.304. The van der Waals surface area contributed by atoms with Gasteiger partial charge in [0, 0.05) is 40.9 Å². The van der Waals surface area contributed by atoms with E-state index < -0.39 is 0 Å². The summed E-state index contributed by atoms with van der Waals surface area (Å²) in [5.74, 6) is 3.80. The van der Waals surface area contributed by atoms with E-state index in [1.165, 1.54) is 57.0 Å². The second-order valence-corrected chi connectivity index (χ2v) is 14.6. The molecule has 4 aromatic carbocycles. The van der Waals surface area contributed by atoms with Crippen molar-refractivity contribution in [3.8, 4) is 34.1 Å². The molecule has 0 bridgehead atoms. The smallest absolute Gasteiger partial charge is 0.137 e. The van der Waals surface area contributed by atoms with Crippen molar-refractivity contribution in [1.82, 2.24) is 19.3 Å². The molecule has 0 aliphatic rings. The van der Waals surface area contributed by atoms with Crippen molar-refractivity contribution in [3.63, 3.8) is 0 Å².